The first-order valence-electron chi connectivity index (χ1n) is 7.93. The Labute approximate surface area is 124 Å². The van der Waals surface area contributed by atoms with Gasteiger partial charge in [0, 0.05) is 25.2 Å². The number of sulfone groups is 1. The summed E-state index contributed by atoms with van der Waals surface area (Å²) in [7, 11) is -2.80. The van der Waals surface area contributed by atoms with E-state index in [1.54, 1.807) is 0 Å². The third-order valence-corrected chi connectivity index (χ3v) is 6.97. The number of hydrogen-bond acceptors (Lipinski definition) is 4. The highest BCUT2D eigenvalue weighted by molar-refractivity contribution is 7.91. The first kappa shape index (κ1) is 16.2. The SMILES string of the molecule is CCNC1C(CN2CCS(=O)(=O)CC2C)CCC1(C)C. The lowest BCUT2D eigenvalue weighted by Crippen LogP contribution is -2.51. The van der Waals surface area contributed by atoms with E-state index in [2.05, 4.69) is 37.9 Å². The van der Waals surface area contributed by atoms with Crippen LogP contribution in [0.1, 0.15) is 40.5 Å². The molecule has 0 aromatic carbocycles. The van der Waals surface area contributed by atoms with Crippen LogP contribution in [-0.2, 0) is 9.84 Å². The maximum Gasteiger partial charge on any atom is 0.153 e. The van der Waals surface area contributed by atoms with E-state index >= 15 is 0 Å². The van der Waals surface area contributed by atoms with Gasteiger partial charge >= 0.3 is 0 Å². The largest absolute Gasteiger partial charge is 0.313 e. The van der Waals surface area contributed by atoms with Crippen molar-refractivity contribution >= 4 is 9.84 Å². The fourth-order valence-electron chi connectivity index (χ4n) is 3.98. The van der Waals surface area contributed by atoms with Crippen molar-refractivity contribution in [2.75, 3.05) is 31.1 Å². The summed E-state index contributed by atoms with van der Waals surface area (Å²) >= 11 is 0. The van der Waals surface area contributed by atoms with Gasteiger partial charge in [-0.25, -0.2) is 8.42 Å². The molecule has 0 aromatic heterocycles. The first-order chi connectivity index (χ1) is 9.25. The fourth-order valence-corrected chi connectivity index (χ4v) is 5.61. The Morgan fingerprint density at radius 2 is 2.05 bits per heavy atom. The summed E-state index contributed by atoms with van der Waals surface area (Å²) in [5.41, 5.74) is 0.353. The molecule has 1 aliphatic carbocycles. The van der Waals surface area contributed by atoms with Crippen LogP contribution in [0.2, 0.25) is 0 Å². The van der Waals surface area contributed by atoms with Crippen LogP contribution in [0.4, 0.5) is 0 Å². The predicted octanol–water partition coefficient (Wildman–Crippen LogP) is 1.52. The molecule has 1 saturated carbocycles. The molecule has 0 radical (unpaired) electrons. The summed E-state index contributed by atoms with van der Waals surface area (Å²) in [6.45, 7) is 11.7. The van der Waals surface area contributed by atoms with E-state index in [-0.39, 0.29) is 6.04 Å². The molecule has 1 N–H and O–H groups in total. The Bertz CT molecular complexity index is 433. The van der Waals surface area contributed by atoms with Crippen molar-refractivity contribution in [3.05, 3.63) is 0 Å². The highest BCUT2D eigenvalue weighted by atomic mass is 32.2. The maximum atomic E-state index is 11.7. The van der Waals surface area contributed by atoms with E-state index in [0.29, 0.717) is 35.4 Å². The second-order valence-corrected chi connectivity index (χ2v) is 9.51. The Balaban J connectivity index is 1.99. The summed E-state index contributed by atoms with van der Waals surface area (Å²) in [5.74, 6) is 1.31. The zero-order valence-corrected chi connectivity index (χ0v) is 14.2. The van der Waals surface area contributed by atoms with E-state index in [1.807, 2.05) is 0 Å². The van der Waals surface area contributed by atoms with Gasteiger partial charge in [-0.05, 0) is 37.6 Å². The van der Waals surface area contributed by atoms with E-state index < -0.39 is 9.84 Å². The van der Waals surface area contributed by atoms with Crippen LogP contribution in [0.3, 0.4) is 0 Å². The molecule has 2 fully saturated rings. The van der Waals surface area contributed by atoms with Crippen molar-refractivity contribution in [2.24, 2.45) is 11.3 Å². The molecule has 4 nitrogen and oxygen atoms in total. The molecule has 1 heterocycles. The summed E-state index contributed by atoms with van der Waals surface area (Å²) in [5, 5.41) is 3.66. The number of nitrogens with zero attached hydrogens (tertiary/aromatic N) is 1. The molecule has 5 heteroatoms. The molecule has 3 atom stereocenters. The van der Waals surface area contributed by atoms with Crippen molar-refractivity contribution in [3.8, 4) is 0 Å². The monoisotopic (exact) mass is 302 g/mol. The van der Waals surface area contributed by atoms with Gasteiger partial charge in [0.15, 0.2) is 9.84 Å². The third-order valence-electron chi connectivity index (χ3n) is 5.17. The van der Waals surface area contributed by atoms with Crippen molar-refractivity contribution in [1.82, 2.24) is 10.2 Å². The Hall–Kier alpha value is -0.130. The zero-order valence-electron chi connectivity index (χ0n) is 13.4. The fraction of sp³-hybridized carbons (Fsp3) is 1.00. The molecular weight excluding hydrogens is 272 g/mol. The summed E-state index contributed by atoms with van der Waals surface area (Å²) in [6.07, 6.45) is 2.51. The highest BCUT2D eigenvalue weighted by Crippen LogP contribution is 2.41. The molecule has 20 heavy (non-hydrogen) atoms. The van der Waals surface area contributed by atoms with Gasteiger partial charge in [0.1, 0.15) is 0 Å². The molecule has 2 rings (SSSR count). The zero-order chi connectivity index (χ0) is 15.0. The van der Waals surface area contributed by atoms with E-state index in [0.717, 1.165) is 13.1 Å². The maximum absolute atomic E-state index is 11.7. The standard InChI is InChI=1S/C15H30N2O2S/c1-5-16-14-13(6-7-15(14,3)4)10-17-8-9-20(18,19)11-12(17)2/h12-14,16H,5-11H2,1-4H3. The highest BCUT2D eigenvalue weighted by Gasteiger charge is 2.42. The van der Waals surface area contributed by atoms with Crippen LogP contribution < -0.4 is 5.32 Å². The molecule has 1 saturated heterocycles. The van der Waals surface area contributed by atoms with Crippen molar-refractivity contribution < 1.29 is 8.42 Å². The van der Waals surface area contributed by atoms with Gasteiger partial charge in [0.25, 0.3) is 0 Å². The Kier molecular flexibility index (Phi) is 4.82. The van der Waals surface area contributed by atoms with Crippen LogP contribution >= 0.6 is 0 Å². The van der Waals surface area contributed by atoms with Crippen LogP contribution in [0.25, 0.3) is 0 Å². The summed E-state index contributed by atoms with van der Waals surface area (Å²) < 4.78 is 23.3. The number of hydrogen-bond donors (Lipinski definition) is 1. The van der Waals surface area contributed by atoms with Gasteiger partial charge in [-0.3, -0.25) is 4.90 Å². The van der Waals surface area contributed by atoms with Crippen LogP contribution in [-0.4, -0.2) is 56.5 Å². The van der Waals surface area contributed by atoms with Crippen LogP contribution in [0, 0.1) is 11.3 Å². The van der Waals surface area contributed by atoms with Crippen molar-refractivity contribution in [1.29, 1.82) is 0 Å². The number of rotatable bonds is 4. The molecule has 0 bridgehead atoms. The lowest BCUT2D eigenvalue weighted by molar-refractivity contribution is 0.160. The minimum atomic E-state index is -2.80. The first-order valence-corrected chi connectivity index (χ1v) is 9.75. The van der Waals surface area contributed by atoms with Gasteiger partial charge in [-0.15, -0.1) is 0 Å². The topological polar surface area (TPSA) is 49.4 Å². The lowest BCUT2D eigenvalue weighted by Gasteiger charge is -2.38. The van der Waals surface area contributed by atoms with Crippen LogP contribution in [0.5, 0.6) is 0 Å². The molecular formula is C15H30N2O2S. The third kappa shape index (κ3) is 3.55. The predicted molar refractivity (Wildman–Crippen MR) is 83.7 cm³/mol. The summed E-state index contributed by atoms with van der Waals surface area (Å²) in [4.78, 5) is 2.39. The number of nitrogens with one attached hydrogen (secondary N) is 1. The molecule has 0 amide bonds. The second kappa shape index (κ2) is 5.93. The molecule has 1 aliphatic heterocycles. The molecule has 2 aliphatic rings. The second-order valence-electron chi connectivity index (χ2n) is 7.28. The van der Waals surface area contributed by atoms with E-state index in [4.69, 9.17) is 0 Å². The Morgan fingerprint density at radius 1 is 1.35 bits per heavy atom. The molecule has 0 spiro atoms. The molecule has 118 valence electrons. The van der Waals surface area contributed by atoms with Gasteiger partial charge < -0.3 is 5.32 Å². The average molecular weight is 302 g/mol. The van der Waals surface area contributed by atoms with Gasteiger partial charge in [-0.1, -0.05) is 20.8 Å². The minimum Gasteiger partial charge on any atom is -0.313 e. The average Bonchev–Trinajstić information content (AvgIpc) is 2.60. The lowest BCUT2D eigenvalue weighted by atomic mass is 9.84. The van der Waals surface area contributed by atoms with E-state index in [9.17, 15) is 8.42 Å². The summed E-state index contributed by atoms with van der Waals surface area (Å²) in [6, 6.07) is 0.720. The van der Waals surface area contributed by atoms with E-state index in [1.165, 1.54) is 12.8 Å². The molecule has 3 unspecified atom stereocenters. The normalized spacial score (nSPS) is 37.1. The quantitative estimate of drug-likeness (QED) is 0.855. The molecule has 0 aromatic rings. The van der Waals surface area contributed by atoms with Crippen molar-refractivity contribution in [2.45, 2.75) is 52.6 Å². The smallest absolute Gasteiger partial charge is 0.153 e. The van der Waals surface area contributed by atoms with Gasteiger partial charge in [-0.2, -0.15) is 0 Å². The van der Waals surface area contributed by atoms with Gasteiger partial charge in [0.05, 0.1) is 11.5 Å². The van der Waals surface area contributed by atoms with Crippen LogP contribution in [0.15, 0.2) is 0 Å². The Morgan fingerprint density at radius 3 is 2.65 bits per heavy atom. The minimum absolute atomic E-state index is 0.166. The van der Waals surface area contributed by atoms with Crippen molar-refractivity contribution in [3.63, 3.8) is 0 Å². The van der Waals surface area contributed by atoms with Gasteiger partial charge in [0.2, 0.25) is 0 Å².